The summed E-state index contributed by atoms with van der Waals surface area (Å²) in [4.78, 5) is 16.3. The maximum atomic E-state index is 9.70. The predicted molar refractivity (Wildman–Crippen MR) is 296 cm³/mol. The summed E-state index contributed by atoms with van der Waals surface area (Å²) in [5.74, 6) is -0.216. The van der Waals surface area contributed by atoms with Crippen molar-refractivity contribution < 1.29 is 16.4 Å². The van der Waals surface area contributed by atoms with E-state index in [2.05, 4.69) is 34.9 Å². The number of aromatic nitrogens is 7. The van der Waals surface area contributed by atoms with E-state index in [1.807, 2.05) is 130 Å². The molecule has 0 N–H and O–H groups in total. The molecule has 0 aliphatic heterocycles. The second-order valence-electron chi connectivity index (χ2n) is 17.4. The third kappa shape index (κ3) is 5.34. The van der Waals surface area contributed by atoms with Gasteiger partial charge in [-0.25, -0.2) is 0 Å². The van der Waals surface area contributed by atoms with Crippen LogP contribution in [0.4, 0.5) is 0 Å². The highest BCUT2D eigenvalue weighted by Gasteiger charge is 2.28. The first-order valence-corrected chi connectivity index (χ1v) is 23.8. The molecular weight excluding hydrogens is 887 g/mol. The van der Waals surface area contributed by atoms with Gasteiger partial charge < -0.3 is 9.13 Å². The van der Waals surface area contributed by atoms with Gasteiger partial charge in [0.25, 0.3) is 0 Å². The molecule has 0 aliphatic rings. The molecule has 7 nitrogen and oxygen atoms in total. The third-order valence-corrected chi connectivity index (χ3v) is 15.0. The standard InChI is InChI=1S/C63H37N7S/c1-9-26-47-38(18-1)39-19-2-10-27-48(39)67(47)54-33-17-34-55(68-49-28-11-7-24-44(49)45-36-37-57-58(60(45)68)46-25-8-16-35-56(46)71-57)59(54)61-64-62(69-50-29-12-3-20-40(50)41-21-4-13-30-51(41)69)66-63(65-61)70-52-31-14-5-22-42(52)43-23-6-15-32-53(43)70/h1-37H/i1D,3D,4D,9D,12D,13D,18D,20D,21D,26D,29D,30D. The molecule has 0 atom stereocenters. The number of rotatable bonds is 5. The zero-order valence-electron chi connectivity index (χ0n) is 49.0. The van der Waals surface area contributed by atoms with E-state index in [0.29, 0.717) is 44.3 Å². The number of thiophene rings is 1. The molecule has 6 aromatic heterocycles. The molecule has 0 unspecified atom stereocenters. The van der Waals surface area contributed by atoms with Crippen molar-refractivity contribution in [3.63, 3.8) is 0 Å². The molecule has 16 rings (SSSR count). The fraction of sp³-hybridized carbons (Fsp3) is 0. The van der Waals surface area contributed by atoms with Gasteiger partial charge in [-0.15, -0.1) is 11.3 Å². The van der Waals surface area contributed by atoms with Crippen molar-refractivity contribution in [3.05, 3.63) is 224 Å². The van der Waals surface area contributed by atoms with Gasteiger partial charge in [0.1, 0.15) is 0 Å². The second-order valence-corrected chi connectivity index (χ2v) is 18.5. The van der Waals surface area contributed by atoms with Crippen LogP contribution >= 0.6 is 11.3 Å². The van der Waals surface area contributed by atoms with Crippen molar-refractivity contribution in [1.29, 1.82) is 0 Å². The van der Waals surface area contributed by atoms with Gasteiger partial charge in [-0.3, -0.25) is 9.13 Å². The summed E-state index contributed by atoms with van der Waals surface area (Å²) in [7, 11) is 0. The molecule has 0 bridgehead atoms. The van der Waals surface area contributed by atoms with E-state index < -0.39 is 60.4 Å². The van der Waals surface area contributed by atoms with Crippen LogP contribution in [0, 0.1) is 0 Å². The van der Waals surface area contributed by atoms with Gasteiger partial charge in [-0.2, -0.15) is 15.0 Å². The van der Waals surface area contributed by atoms with Crippen LogP contribution in [0.5, 0.6) is 0 Å². The maximum absolute atomic E-state index is 9.70. The maximum Gasteiger partial charge on any atom is 0.240 e. The first-order valence-electron chi connectivity index (χ1n) is 29.0. The Hall–Kier alpha value is -9.37. The second kappa shape index (κ2) is 14.6. The zero-order chi connectivity index (χ0) is 56.8. The average molecular weight is 936 g/mol. The number of para-hydroxylation sites is 7. The van der Waals surface area contributed by atoms with E-state index in [4.69, 9.17) is 23.2 Å². The molecule has 8 heteroatoms. The molecule has 71 heavy (non-hydrogen) atoms. The van der Waals surface area contributed by atoms with Crippen molar-refractivity contribution in [1.82, 2.24) is 33.2 Å². The van der Waals surface area contributed by atoms with Gasteiger partial charge >= 0.3 is 0 Å². The molecule has 0 spiro atoms. The predicted octanol–water partition coefficient (Wildman–Crippen LogP) is 16.3. The SMILES string of the molecule is [2H]c1c([2H])c([2H])c2c(c1[2H])c1ccccc1n2-c1cccc(-n2c3ccccc3c3ccc4sc5ccccc5c4c32)c1-c1nc(-n2c3ccccc3c3ccccc32)nc(-n2c3c([2H])c([2H])c([2H])c([2H])c3c3c([2H])c([2H])c([2H])c([2H])c32)n1. The van der Waals surface area contributed by atoms with Gasteiger partial charge in [0.05, 0.1) is 77.5 Å². The van der Waals surface area contributed by atoms with Gasteiger partial charge in [-0.1, -0.05) is 158 Å². The molecule has 0 saturated heterocycles. The lowest BCUT2D eigenvalue weighted by molar-refractivity contribution is 0.891. The zero-order valence-corrected chi connectivity index (χ0v) is 37.8. The van der Waals surface area contributed by atoms with Crippen LogP contribution in [0.3, 0.4) is 0 Å². The number of fused-ring (bicyclic) bond motifs is 16. The summed E-state index contributed by atoms with van der Waals surface area (Å²) in [6.45, 7) is 0. The minimum Gasteiger partial charge on any atom is -0.308 e. The van der Waals surface area contributed by atoms with Crippen LogP contribution in [0.2, 0.25) is 0 Å². The fourth-order valence-corrected chi connectivity index (χ4v) is 12.1. The number of nitrogens with zero attached hydrogens (tertiary/aromatic N) is 7. The Balaban J connectivity index is 1.16. The summed E-state index contributed by atoms with van der Waals surface area (Å²) in [6, 6.07) is 43.4. The number of hydrogen-bond donors (Lipinski definition) is 0. The molecule has 0 saturated carbocycles. The van der Waals surface area contributed by atoms with E-state index >= 15 is 0 Å². The van der Waals surface area contributed by atoms with E-state index in [1.54, 1.807) is 11.3 Å². The van der Waals surface area contributed by atoms with Crippen molar-refractivity contribution in [2.75, 3.05) is 0 Å². The summed E-state index contributed by atoms with van der Waals surface area (Å²) in [6.07, 6.45) is 0. The molecular formula is C63H37N7S. The van der Waals surface area contributed by atoms with Crippen LogP contribution in [0.1, 0.15) is 16.4 Å². The van der Waals surface area contributed by atoms with Gasteiger partial charge in [-0.05, 0) is 66.7 Å². The van der Waals surface area contributed by atoms with Crippen molar-refractivity contribution in [3.8, 4) is 34.7 Å². The van der Waals surface area contributed by atoms with Crippen molar-refractivity contribution in [2.45, 2.75) is 0 Å². The van der Waals surface area contributed by atoms with Gasteiger partial charge in [0.15, 0.2) is 5.82 Å². The highest BCUT2D eigenvalue weighted by atomic mass is 32.1. The molecule has 6 heterocycles. The van der Waals surface area contributed by atoms with Crippen LogP contribution in [-0.2, 0) is 0 Å². The Morgan fingerprint density at radius 3 is 1.37 bits per heavy atom. The minimum absolute atomic E-state index is 0.00538. The lowest BCUT2D eigenvalue weighted by Gasteiger charge is -2.20. The minimum atomic E-state index is -0.610. The summed E-state index contributed by atoms with van der Waals surface area (Å²) < 4.78 is 120. The highest BCUT2D eigenvalue weighted by molar-refractivity contribution is 7.26. The van der Waals surface area contributed by atoms with E-state index in [1.165, 1.54) is 4.57 Å². The largest absolute Gasteiger partial charge is 0.308 e. The van der Waals surface area contributed by atoms with Crippen molar-refractivity contribution in [2.24, 2.45) is 0 Å². The van der Waals surface area contributed by atoms with Crippen molar-refractivity contribution >= 4 is 119 Å². The molecule has 0 amide bonds. The average Bonchev–Trinajstić information content (AvgIpc) is 2.76. The Bertz CT molecular complexity index is 5510. The molecule has 0 radical (unpaired) electrons. The molecule has 16 aromatic rings. The van der Waals surface area contributed by atoms with Gasteiger partial charge in [0.2, 0.25) is 11.9 Å². The molecule has 0 fully saturated rings. The number of benzene rings is 10. The monoisotopic (exact) mass is 935 g/mol. The molecule has 330 valence electrons. The van der Waals surface area contributed by atoms with Crippen LogP contribution < -0.4 is 0 Å². The first kappa shape index (κ1) is 28.8. The van der Waals surface area contributed by atoms with E-state index in [-0.39, 0.29) is 57.1 Å². The van der Waals surface area contributed by atoms with Crippen LogP contribution in [0.25, 0.3) is 142 Å². The van der Waals surface area contributed by atoms with E-state index in [9.17, 15) is 8.22 Å². The summed E-state index contributed by atoms with van der Waals surface area (Å²) in [5.41, 5.74) is 4.72. The Labute approximate surface area is 425 Å². The quantitative estimate of drug-likeness (QED) is 0.173. The normalized spacial score (nSPS) is 14.6. The Kier molecular flexibility index (Phi) is 5.92. The summed E-state index contributed by atoms with van der Waals surface area (Å²) >= 11 is 1.68. The number of hydrogen-bond acceptors (Lipinski definition) is 4. The Morgan fingerprint density at radius 1 is 0.324 bits per heavy atom. The van der Waals surface area contributed by atoms with E-state index in [0.717, 1.165) is 52.8 Å². The fourth-order valence-electron chi connectivity index (χ4n) is 11.0. The highest BCUT2D eigenvalue weighted by Crippen LogP contribution is 2.46. The summed E-state index contributed by atoms with van der Waals surface area (Å²) in [5, 5.41) is 6.20. The Morgan fingerprint density at radius 2 is 0.761 bits per heavy atom. The third-order valence-electron chi connectivity index (χ3n) is 13.8. The smallest absolute Gasteiger partial charge is 0.240 e. The molecule has 10 aromatic carbocycles. The van der Waals surface area contributed by atoms with Gasteiger partial charge in [0, 0.05) is 63.3 Å². The lowest BCUT2D eigenvalue weighted by Crippen LogP contribution is -2.12. The molecule has 0 aliphatic carbocycles. The van der Waals surface area contributed by atoms with Crippen LogP contribution in [0.15, 0.2) is 224 Å². The lowest BCUT2D eigenvalue weighted by atomic mass is 10.1. The van der Waals surface area contributed by atoms with Crippen LogP contribution in [-0.4, -0.2) is 33.2 Å². The topological polar surface area (TPSA) is 58.4 Å². The first-order chi connectivity index (χ1) is 40.2.